The summed E-state index contributed by atoms with van der Waals surface area (Å²) in [4.78, 5) is 16.2. The van der Waals surface area contributed by atoms with Gasteiger partial charge in [0.05, 0.1) is 11.1 Å². The third-order valence-electron chi connectivity index (χ3n) is 4.07. The minimum atomic E-state index is -4.17. The molecule has 0 bridgehead atoms. The molecule has 1 heterocycles. The van der Waals surface area contributed by atoms with E-state index >= 15 is 0 Å². The van der Waals surface area contributed by atoms with Gasteiger partial charge in [-0.1, -0.05) is 30.3 Å². The van der Waals surface area contributed by atoms with Crippen LogP contribution in [0.4, 0.5) is 10.1 Å². The number of halogens is 1. The molecule has 1 aromatic heterocycles. The van der Waals surface area contributed by atoms with Crippen LogP contribution >= 0.6 is 11.8 Å². The van der Waals surface area contributed by atoms with Crippen molar-refractivity contribution in [3.05, 3.63) is 84.3 Å². The lowest BCUT2D eigenvalue weighted by Gasteiger charge is -2.15. The topological polar surface area (TPSA) is 88.2 Å². The number of carbonyl (C=O) groups is 1. The van der Waals surface area contributed by atoms with Crippen LogP contribution in [0.5, 0.6) is 0 Å². The molecule has 2 aromatic carbocycles. The van der Waals surface area contributed by atoms with Crippen LogP contribution in [-0.2, 0) is 20.6 Å². The van der Waals surface area contributed by atoms with E-state index in [9.17, 15) is 17.6 Å². The molecule has 9 heteroatoms. The summed E-state index contributed by atoms with van der Waals surface area (Å²) in [6.45, 7) is 1.40. The summed E-state index contributed by atoms with van der Waals surface area (Å²) >= 11 is 1.56. The van der Waals surface area contributed by atoms with Gasteiger partial charge in [0.15, 0.2) is 0 Å². The van der Waals surface area contributed by atoms with Gasteiger partial charge < -0.3 is 5.32 Å². The van der Waals surface area contributed by atoms with Crippen molar-refractivity contribution >= 4 is 33.4 Å². The Morgan fingerprint density at radius 1 is 1.10 bits per heavy atom. The van der Waals surface area contributed by atoms with E-state index in [0.29, 0.717) is 11.4 Å². The first-order valence-corrected chi connectivity index (χ1v) is 11.5. The summed E-state index contributed by atoms with van der Waals surface area (Å²) in [6, 6.07) is 16.8. The Kier molecular flexibility index (Phi) is 7.20. The molecule has 30 heavy (non-hydrogen) atoms. The van der Waals surface area contributed by atoms with E-state index < -0.39 is 32.7 Å². The van der Waals surface area contributed by atoms with Crippen LogP contribution in [0.2, 0.25) is 0 Å². The summed E-state index contributed by atoms with van der Waals surface area (Å²) in [6.07, 6.45) is 1.72. The molecule has 0 aliphatic rings. The molecule has 0 saturated heterocycles. The Bertz CT molecular complexity index is 1130. The first-order valence-electron chi connectivity index (χ1n) is 9.05. The Morgan fingerprint density at radius 3 is 2.60 bits per heavy atom. The average molecular weight is 446 g/mol. The average Bonchev–Trinajstić information content (AvgIpc) is 2.73. The standard InChI is InChI=1S/C21H20FN3O3S2/c1-15(25-30(27,28)19-10-3-2-9-18(19)22)21(26)24-17-8-6-7-16(13-17)14-29-20-11-4-5-12-23-20/h2-13,15,25H,14H2,1H3,(H,24,26)/t15-/m0/s1. The van der Waals surface area contributed by atoms with E-state index in [1.807, 2.05) is 30.3 Å². The number of nitrogens with one attached hydrogen (secondary N) is 2. The number of aromatic nitrogens is 1. The number of nitrogens with zero attached hydrogens (tertiary/aromatic N) is 1. The van der Waals surface area contributed by atoms with E-state index in [1.54, 1.807) is 30.1 Å². The van der Waals surface area contributed by atoms with Gasteiger partial charge in [0.1, 0.15) is 10.7 Å². The fourth-order valence-corrected chi connectivity index (χ4v) is 4.68. The van der Waals surface area contributed by atoms with Crippen LogP contribution < -0.4 is 10.0 Å². The van der Waals surface area contributed by atoms with Gasteiger partial charge in [0.25, 0.3) is 0 Å². The Morgan fingerprint density at radius 2 is 1.87 bits per heavy atom. The van der Waals surface area contributed by atoms with Gasteiger partial charge in [-0.15, -0.1) is 11.8 Å². The number of sulfonamides is 1. The predicted molar refractivity (Wildman–Crippen MR) is 115 cm³/mol. The molecule has 0 saturated carbocycles. The van der Waals surface area contributed by atoms with Crippen LogP contribution in [0.25, 0.3) is 0 Å². The highest BCUT2D eigenvalue weighted by Crippen LogP contribution is 2.22. The van der Waals surface area contributed by atoms with E-state index in [0.717, 1.165) is 22.7 Å². The molecule has 1 atom stereocenters. The van der Waals surface area contributed by atoms with Gasteiger partial charge in [-0.3, -0.25) is 4.79 Å². The number of anilines is 1. The molecular weight excluding hydrogens is 425 g/mol. The van der Waals surface area contributed by atoms with Crippen molar-refractivity contribution in [1.82, 2.24) is 9.71 Å². The number of carbonyl (C=O) groups excluding carboxylic acids is 1. The summed E-state index contributed by atoms with van der Waals surface area (Å²) in [7, 11) is -4.17. The Labute approximate surface area is 179 Å². The number of pyridine rings is 1. The fraction of sp³-hybridized carbons (Fsp3) is 0.143. The van der Waals surface area contributed by atoms with E-state index in [2.05, 4.69) is 15.0 Å². The number of amides is 1. The largest absolute Gasteiger partial charge is 0.325 e. The van der Waals surface area contributed by atoms with E-state index in [1.165, 1.54) is 19.1 Å². The maximum absolute atomic E-state index is 13.8. The van der Waals surface area contributed by atoms with Gasteiger partial charge in [-0.2, -0.15) is 4.72 Å². The maximum Gasteiger partial charge on any atom is 0.244 e. The third-order valence-corrected chi connectivity index (χ3v) is 6.66. The van der Waals surface area contributed by atoms with Gasteiger partial charge in [-0.05, 0) is 48.9 Å². The molecule has 0 aliphatic heterocycles. The Hall–Kier alpha value is -2.75. The van der Waals surface area contributed by atoms with Crippen LogP contribution in [0.1, 0.15) is 12.5 Å². The molecule has 0 radical (unpaired) electrons. The van der Waals surface area contributed by atoms with Crippen LogP contribution in [-0.4, -0.2) is 25.4 Å². The normalized spacial score (nSPS) is 12.3. The zero-order valence-electron chi connectivity index (χ0n) is 16.1. The van der Waals surface area contributed by atoms with E-state index in [-0.39, 0.29) is 0 Å². The van der Waals surface area contributed by atoms with Crippen molar-refractivity contribution in [1.29, 1.82) is 0 Å². The fourth-order valence-electron chi connectivity index (χ4n) is 2.59. The second-order valence-electron chi connectivity index (χ2n) is 6.42. The number of thioether (sulfide) groups is 1. The van der Waals surface area contributed by atoms with Crippen molar-refractivity contribution in [2.75, 3.05) is 5.32 Å². The second-order valence-corrected chi connectivity index (χ2v) is 9.10. The Balaban J connectivity index is 1.62. The molecule has 2 N–H and O–H groups in total. The quantitative estimate of drug-likeness (QED) is 0.515. The predicted octanol–water partition coefficient (Wildman–Crippen LogP) is 3.82. The summed E-state index contributed by atoms with van der Waals surface area (Å²) in [5.74, 6) is -0.768. The lowest BCUT2D eigenvalue weighted by atomic mass is 10.2. The second kappa shape index (κ2) is 9.84. The van der Waals surface area contributed by atoms with Crippen molar-refractivity contribution in [3.63, 3.8) is 0 Å². The molecule has 0 aliphatic carbocycles. The third kappa shape index (κ3) is 5.88. The number of hydrogen-bond donors (Lipinski definition) is 2. The van der Waals surface area contributed by atoms with Crippen LogP contribution in [0, 0.1) is 5.82 Å². The maximum atomic E-state index is 13.8. The van der Waals surface area contributed by atoms with E-state index in [4.69, 9.17) is 0 Å². The number of hydrogen-bond acceptors (Lipinski definition) is 5. The van der Waals surface area contributed by atoms with Gasteiger partial charge in [0, 0.05) is 17.6 Å². The highest BCUT2D eigenvalue weighted by atomic mass is 32.2. The summed E-state index contributed by atoms with van der Waals surface area (Å²) in [5.41, 5.74) is 1.51. The molecule has 156 valence electrons. The smallest absolute Gasteiger partial charge is 0.244 e. The molecule has 0 fully saturated rings. The number of benzene rings is 2. The molecule has 0 unspecified atom stereocenters. The van der Waals surface area contributed by atoms with Crippen molar-refractivity contribution in [2.45, 2.75) is 28.6 Å². The monoisotopic (exact) mass is 445 g/mol. The molecule has 6 nitrogen and oxygen atoms in total. The van der Waals surface area contributed by atoms with Gasteiger partial charge >= 0.3 is 0 Å². The lowest BCUT2D eigenvalue weighted by molar-refractivity contribution is -0.117. The van der Waals surface area contributed by atoms with Crippen molar-refractivity contribution in [3.8, 4) is 0 Å². The number of rotatable bonds is 8. The van der Waals surface area contributed by atoms with Crippen molar-refractivity contribution < 1.29 is 17.6 Å². The molecule has 3 aromatic rings. The SMILES string of the molecule is C[C@H](NS(=O)(=O)c1ccccc1F)C(=O)Nc1cccc(CSc2ccccn2)c1. The summed E-state index contributed by atoms with van der Waals surface area (Å²) < 4.78 is 40.7. The van der Waals surface area contributed by atoms with Gasteiger partial charge in [-0.25, -0.2) is 17.8 Å². The zero-order valence-corrected chi connectivity index (χ0v) is 17.7. The highest BCUT2D eigenvalue weighted by Gasteiger charge is 2.24. The van der Waals surface area contributed by atoms with Gasteiger partial charge in [0.2, 0.25) is 15.9 Å². The molecule has 1 amide bonds. The first kappa shape index (κ1) is 21.9. The minimum absolute atomic E-state index is 0.502. The molecule has 3 rings (SSSR count). The van der Waals surface area contributed by atoms with Crippen LogP contribution in [0.15, 0.2) is 82.8 Å². The van der Waals surface area contributed by atoms with Crippen molar-refractivity contribution in [2.24, 2.45) is 0 Å². The zero-order chi connectivity index (χ0) is 21.6. The lowest BCUT2D eigenvalue weighted by Crippen LogP contribution is -2.41. The first-order chi connectivity index (χ1) is 14.3. The minimum Gasteiger partial charge on any atom is -0.325 e. The van der Waals surface area contributed by atoms with Crippen LogP contribution in [0.3, 0.4) is 0 Å². The highest BCUT2D eigenvalue weighted by molar-refractivity contribution is 7.98. The molecule has 0 spiro atoms. The molecular formula is C21H20FN3O3S2. The summed E-state index contributed by atoms with van der Waals surface area (Å²) in [5, 5.41) is 3.58.